The Morgan fingerprint density at radius 2 is 1.94 bits per heavy atom. The molecular weight excluding hydrogens is 232 g/mol. The molecule has 86 valence electrons. The quantitative estimate of drug-likeness (QED) is 0.608. The van der Waals surface area contributed by atoms with Crippen LogP contribution in [0.15, 0.2) is 24.3 Å². The number of hydrogen-bond donors (Lipinski definition) is 3. The minimum atomic E-state index is -2.43. The van der Waals surface area contributed by atoms with Crippen LogP contribution in [0.5, 0.6) is 0 Å². The Labute approximate surface area is 97.2 Å². The average molecular weight is 243 g/mol. The highest BCUT2D eigenvalue weighted by Gasteiger charge is 2.51. The zero-order chi connectivity index (χ0) is 11.9. The van der Waals surface area contributed by atoms with E-state index in [1.807, 2.05) is 0 Å². The molecule has 5 nitrogen and oxygen atoms in total. The average Bonchev–Trinajstić information content (AvgIpc) is 2.44. The molecule has 0 aliphatic carbocycles. The first-order valence-corrected chi connectivity index (χ1v) is 5.05. The Kier molecular flexibility index (Phi) is 2.63. The van der Waals surface area contributed by atoms with Crippen LogP contribution in [0.25, 0.3) is 0 Å². The molecule has 6 heteroatoms. The van der Waals surface area contributed by atoms with Crippen molar-refractivity contribution in [2.24, 2.45) is 0 Å². The van der Waals surface area contributed by atoms with E-state index < -0.39 is 17.7 Å². The van der Waals surface area contributed by atoms with Gasteiger partial charge in [-0.25, -0.2) is 5.43 Å². The van der Waals surface area contributed by atoms with E-state index in [-0.39, 0.29) is 0 Å². The van der Waals surface area contributed by atoms with Crippen molar-refractivity contribution in [2.45, 2.75) is 11.8 Å². The van der Waals surface area contributed by atoms with Gasteiger partial charge in [0.1, 0.15) is 6.04 Å². The normalized spacial score (nSPS) is 23.9. The second-order valence-corrected chi connectivity index (χ2v) is 4.14. The molecule has 1 aliphatic heterocycles. The van der Waals surface area contributed by atoms with Crippen LogP contribution in [0.3, 0.4) is 0 Å². The molecule has 1 amide bonds. The van der Waals surface area contributed by atoms with Crippen molar-refractivity contribution in [1.29, 1.82) is 0 Å². The van der Waals surface area contributed by atoms with Crippen molar-refractivity contribution >= 4 is 17.5 Å². The van der Waals surface area contributed by atoms with Crippen LogP contribution in [-0.4, -0.2) is 34.0 Å². The lowest BCUT2D eigenvalue weighted by Gasteiger charge is -2.20. The Balaban J connectivity index is 2.35. The molecule has 1 fully saturated rings. The molecule has 0 spiro atoms. The number of halogens is 1. The first-order valence-electron chi connectivity index (χ1n) is 4.67. The van der Waals surface area contributed by atoms with Gasteiger partial charge < -0.3 is 10.2 Å². The van der Waals surface area contributed by atoms with E-state index >= 15 is 0 Å². The van der Waals surface area contributed by atoms with Crippen molar-refractivity contribution in [3.8, 4) is 0 Å². The van der Waals surface area contributed by atoms with Gasteiger partial charge in [0.25, 0.3) is 11.7 Å². The Morgan fingerprint density at radius 1 is 1.38 bits per heavy atom. The van der Waals surface area contributed by atoms with E-state index in [0.717, 1.165) is 5.01 Å². The van der Waals surface area contributed by atoms with Gasteiger partial charge in [0.15, 0.2) is 0 Å². The summed E-state index contributed by atoms with van der Waals surface area (Å²) < 4.78 is 0. The summed E-state index contributed by atoms with van der Waals surface area (Å²) in [7, 11) is 1.43. The van der Waals surface area contributed by atoms with Crippen molar-refractivity contribution < 1.29 is 15.0 Å². The number of nitrogens with zero attached hydrogens (tertiary/aromatic N) is 1. The van der Waals surface area contributed by atoms with Crippen LogP contribution in [0.2, 0.25) is 5.02 Å². The van der Waals surface area contributed by atoms with Gasteiger partial charge in [0.2, 0.25) is 0 Å². The van der Waals surface area contributed by atoms with Gasteiger partial charge >= 0.3 is 0 Å². The Morgan fingerprint density at radius 3 is 2.38 bits per heavy atom. The SMILES string of the molecule is CN1NC(c2ccc(Cl)cc2)C(O)(O)C1=O. The Bertz CT molecular complexity index is 419. The smallest absolute Gasteiger partial charge is 0.298 e. The van der Waals surface area contributed by atoms with Crippen LogP contribution in [0.4, 0.5) is 0 Å². The zero-order valence-electron chi connectivity index (χ0n) is 8.51. The highest BCUT2D eigenvalue weighted by molar-refractivity contribution is 6.30. The second-order valence-electron chi connectivity index (χ2n) is 3.70. The molecule has 1 atom stereocenters. The number of carbonyl (C=O) groups excluding carboxylic acids is 1. The second kappa shape index (κ2) is 3.71. The minimum Gasteiger partial charge on any atom is -0.357 e. The van der Waals surface area contributed by atoms with Gasteiger partial charge in [-0.3, -0.25) is 9.80 Å². The highest BCUT2D eigenvalue weighted by atomic mass is 35.5. The molecule has 1 aromatic rings. The summed E-state index contributed by atoms with van der Waals surface area (Å²) in [6.45, 7) is 0. The molecule has 2 rings (SSSR count). The summed E-state index contributed by atoms with van der Waals surface area (Å²) in [6.07, 6.45) is 0. The fourth-order valence-corrected chi connectivity index (χ4v) is 1.80. The van der Waals surface area contributed by atoms with Crippen LogP contribution in [0, 0.1) is 0 Å². The zero-order valence-corrected chi connectivity index (χ0v) is 9.27. The number of hydrazine groups is 1. The summed E-state index contributed by atoms with van der Waals surface area (Å²) in [5, 5.41) is 21.0. The number of carbonyl (C=O) groups is 1. The summed E-state index contributed by atoms with van der Waals surface area (Å²) >= 11 is 5.72. The molecule has 1 aliphatic rings. The number of likely N-dealkylation sites (N-methyl/N-ethyl adjacent to an activating group) is 1. The molecule has 0 aromatic heterocycles. The predicted octanol–water partition coefficient (Wildman–Crippen LogP) is 0.0386. The lowest BCUT2D eigenvalue weighted by molar-refractivity contribution is -0.186. The number of benzene rings is 1. The van der Waals surface area contributed by atoms with Crippen LogP contribution < -0.4 is 5.43 Å². The molecule has 16 heavy (non-hydrogen) atoms. The predicted molar refractivity (Wildman–Crippen MR) is 57.3 cm³/mol. The van der Waals surface area contributed by atoms with E-state index in [1.165, 1.54) is 7.05 Å². The lowest BCUT2D eigenvalue weighted by atomic mass is 10.0. The van der Waals surface area contributed by atoms with Crippen molar-refractivity contribution in [2.75, 3.05) is 7.05 Å². The summed E-state index contributed by atoms with van der Waals surface area (Å²) in [6, 6.07) is 5.62. The van der Waals surface area contributed by atoms with Crippen LogP contribution in [0.1, 0.15) is 11.6 Å². The first kappa shape index (κ1) is 11.3. The Hall–Kier alpha value is -1.14. The maximum Gasteiger partial charge on any atom is 0.298 e. The topological polar surface area (TPSA) is 72.8 Å². The molecule has 0 radical (unpaired) electrons. The van der Waals surface area contributed by atoms with E-state index in [9.17, 15) is 15.0 Å². The molecule has 1 aromatic carbocycles. The number of rotatable bonds is 1. The molecule has 1 heterocycles. The monoisotopic (exact) mass is 242 g/mol. The summed E-state index contributed by atoms with van der Waals surface area (Å²) in [5.41, 5.74) is 3.25. The first-order chi connectivity index (χ1) is 7.43. The fraction of sp³-hybridized carbons (Fsp3) is 0.300. The van der Waals surface area contributed by atoms with E-state index in [0.29, 0.717) is 10.6 Å². The molecule has 0 saturated carbocycles. The van der Waals surface area contributed by atoms with E-state index in [1.54, 1.807) is 24.3 Å². The van der Waals surface area contributed by atoms with Crippen molar-refractivity contribution in [3.63, 3.8) is 0 Å². The number of nitrogens with one attached hydrogen (secondary N) is 1. The van der Waals surface area contributed by atoms with E-state index in [2.05, 4.69) is 5.43 Å². The third-order valence-electron chi connectivity index (χ3n) is 2.55. The molecule has 0 bridgehead atoms. The third kappa shape index (κ3) is 1.68. The van der Waals surface area contributed by atoms with Gasteiger partial charge in [-0.05, 0) is 17.7 Å². The van der Waals surface area contributed by atoms with Crippen LogP contribution >= 0.6 is 11.6 Å². The van der Waals surface area contributed by atoms with Gasteiger partial charge in [0, 0.05) is 12.1 Å². The molecule has 1 saturated heterocycles. The van der Waals surface area contributed by atoms with Crippen molar-refractivity contribution in [1.82, 2.24) is 10.4 Å². The molecule has 1 unspecified atom stereocenters. The number of aliphatic hydroxyl groups is 2. The van der Waals surface area contributed by atoms with Gasteiger partial charge in [0.05, 0.1) is 0 Å². The third-order valence-corrected chi connectivity index (χ3v) is 2.80. The number of hydrogen-bond acceptors (Lipinski definition) is 4. The maximum atomic E-state index is 11.4. The van der Waals surface area contributed by atoms with Gasteiger partial charge in [-0.2, -0.15) is 0 Å². The number of amides is 1. The molecule has 3 N–H and O–H groups in total. The minimum absolute atomic E-state index is 0.544. The van der Waals surface area contributed by atoms with E-state index in [4.69, 9.17) is 11.6 Å². The standard InChI is InChI=1S/C10H11ClN2O3/c1-13-9(14)10(15,16)8(12-13)6-2-4-7(11)5-3-6/h2-5,8,12,15-16H,1H3. The lowest BCUT2D eigenvalue weighted by Crippen LogP contribution is -2.41. The van der Waals surface area contributed by atoms with Crippen LogP contribution in [-0.2, 0) is 4.79 Å². The summed E-state index contributed by atoms with van der Waals surface area (Å²) in [4.78, 5) is 11.4. The maximum absolute atomic E-state index is 11.4. The largest absolute Gasteiger partial charge is 0.357 e. The van der Waals surface area contributed by atoms with Gasteiger partial charge in [-0.15, -0.1) is 0 Å². The van der Waals surface area contributed by atoms with Crippen molar-refractivity contribution in [3.05, 3.63) is 34.9 Å². The summed E-state index contributed by atoms with van der Waals surface area (Å²) in [5.74, 6) is -3.21. The molecular formula is C10H11ClN2O3. The highest BCUT2D eigenvalue weighted by Crippen LogP contribution is 2.31. The fourth-order valence-electron chi connectivity index (χ4n) is 1.67. The van der Waals surface area contributed by atoms with Gasteiger partial charge in [-0.1, -0.05) is 23.7 Å².